The monoisotopic (exact) mass is 433 g/mol. The van der Waals surface area contributed by atoms with Gasteiger partial charge in [0.15, 0.2) is 0 Å². The first-order valence-corrected chi connectivity index (χ1v) is 11.5. The van der Waals surface area contributed by atoms with Gasteiger partial charge < -0.3 is 20.6 Å². The van der Waals surface area contributed by atoms with Crippen molar-refractivity contribution in [1.29, 1.82) is 0 Å². The van der Waals surface area contributed by atoms with Gasteiger partial charge in [-0.2, -0.15) is 0 Å². The number of hydrogen-bond acceptors (Lipinski definition) is 4. The van der Waals surface area contributed by atoms with E-state index in [1.807, 2.05) is 17.9 Å². The molecule has 3 N–H and O–H groups in total. The summed E-state index contributed by atoms with van der Waals surface area (Å²) in [5, 5.41) is 17.9. The molecule has 0 aromatic carbocycles. The third-order valence-corrected chi connectivity index (χ3v) is 6.78. The average Bonchev–Trinajstić information content (AvgIpc) is 2.68. The average molecular weight is 434 g/mol. The van der Waals surface area contributed by atoms with Crippen LogP contribution in [-0.4, -0.2) is 41.1 Å². The van der Waals surface area contributed by atoms with Crippen molar-refractivity contribution in [2.24, 2.45) is 17.8 Å². The van der Waals surface area contributed by atoms with Gasteiger partial charge in [0, 0.05) is 36.8 Å². The van der Waals surface area contributed by atoms with Gasteiger partial charge in [-0.1, -0.05) is 43.3 Å². The molecular formula is C24H36ClN3O2. The number of amides is 1. The van der Waals surface area contributed by atoms with Crippen LogP contribution in [-0.2, 0) is 4.79 Å². The van der Waals surface area contributed by atoms with Gasteiger partial charge in [-0.15, -0.1) is 0 Å². The van der Waals surface area contributed by atoms with Crippen LogP contribution in [0.5, 0.6) is 0 Å². The second-order valence-electron chi connectivity index (χ2n) is 9.39. The van der Waals surface area contributed by atoms with Crippen molar-refractivity contribution in [3.8, 4) is 0 Å². The molecule has 6 heteroatoms. The molecule has 1 saturated heterocycles. The molecule has 0 aromatic heterocycles. The third kappa shape index (κ3) is 6.64. The first kappa shape index (κ1) is 23.0. The number of β-amino-alcohol motifs (C(OH)–C–C–N with tert-alkyl or cyclic N) is 1. The van der Waals surface area contributed by atoms with Crippen molar-refractivity contribution in [2.75, 3.05) is 19.6 Å². The number of allylic oxidation sites excluding steroid dienone is 5. The first-order chi connectivity index (χ1) is 14.2. The van der Waals surface area contributed by atoms with E-state index >= 15 is 0 Å². The smallest absolute Gasteiger partial charge is 0.223 e. The van der Waals surface area contributed by atoms with Crippen LogP contribution in [0.3, 0.4) is 0 Å². The molecular weight excluding hydrogens is 398 g/mol. The predicted octanol–water partition coefficient (Wildman–Crippen LogP) is 4.03. The summed E-state index contributed by atoms with van der Waals surface area (Å²) in [7, 11) is 0. The Balaban J connectivity index is 1.39. The Morgan fingerprint density at radius 2 is 2.27 bits per heavy atom. The molecule has 3 unspecified atom stereocenters. The van der Waals surface area contributed by atoms with E-state index in [1.165, 1.54) is 0 Å². The van der Waals surface area contributed by atoms with Gasteiger partial charge in [-0.3, -0.25) is 4.79 Å². The molecule has 1 aliphatic heterocycles. The van der Waals surface area contributed by atoms with Crippen molar-refractivity contribution in [3.05, 3.63) is 47.4 Å². The number of halogens is 1. The molecule has 1 amide bonds. The maximum atomic E-state index is 12.6. The van der Waals surface area contributed by atoms with Gasteiger partial charge in [0.2, 0.25) is 5.91 Å². The molecule has 1 fully saturated rings. The molecule has 166 valence electrons. The number of aliphatic hydroxyl groups is 1. The number of likely N-dealkylation sites (tertiary alicyclic amines) is 1. The molecule has 0 radical (unpaired) electrons. The lowest BCUT2D eigenvalue weighted by Gasteiger charge is -2.37. The highest BCUT2D eigenvalue weighted by molar-refractivity contribution is 6.29. The largest absolute Gasteiger partial charge is 0.388 e. The first-order valence-electron chi connectivity index (χ1n) is 11.2. The lowest BCUT2D eigenvalue weighted by Crippen LogP contribution is -2.48. The molecule has 30 heavy (non-hydrogen) atoms. The zero-order valence-electron chi connectivity index (χ0n) is 18.3. The molecule has 0 spiro atoms. The highest BCUT2D eigenvalue weighted by Gasteiger charge is 2.31. The summed E-state index contributed by atoms with van der Waals surface area (Å²) in [5.74, 6) is 2.17. The Bertz CT molecular complexity index is 741. The molecule has 0 aromatic rings. The van der Waals surface area contributed by atoms with E-state index in [0.29, 0.717) is 24.8 Å². The Morgan fingerprint density at radius 1 is 1.47 bits per heavy atom. The fourth-order valence-corrected chi connectivity index (χ4v) is 4.85. The van der Waals surface area contributed by atoms with E-state index in [2.05, 4.69) is 42.4 Å². The highest BCUT2D eigenvalue weighted by atomic mass is 35.5. The normalized spacial score (nSPS) is 31.6. The van der Waals surface area contributed by atoms with E-state index in [0.717, 1.165) is 61.7 Å². The van der Waals surface area contributed by atoms with Gasteiger partial charge >= 0.3 is 0 Å². The van der Waals surface area contributed by atoms with Gasteiger partial charge in [0.05, 0.1) is 11.4 Å². The summed E-state index contributed by atoms with van der Waals surface area (Å²) in [6, 6.07) is 0. The topological polar surface area (TPSA) is 64.6 Å². The predicted molar refractivity (Wildman–Crippen MR) is 122 cm³/mol. The van der Waals surface area contributed by atoms with Crippen molar-refractivity contribution in [2.45, 2.75) is 58.0 Å². The zero-order chi connectivity index (χ0) is 21.7. The lowest BCUT2D eigenvalue weighted by atomic mass is 9.85. The van der Waals surface area contributed by atoms with Crippen LogP contribution >= 0.6 is 11.6 Å². The van der Waals surface area contributed by atoms with E-state index in [-0.39, 0.29) is 11.8 Å². The van der Waals surface area contributed by atoms with Gasteiger partial charge in [0.25, 0.3) is 0 Å². The van der Waals surface area contributed by atoms with E-state index in [4.69, 9.17) is 11.6 Å². The third-order valence-electron chi connectivity index (χ3n) is 6.47. The fourth-order valence-electron chi connectivity index (χ4n) is 4.55. The molecule has 2 aliphatic carbocycles. The second kappa shape index (κ2) is 10.1. The molecule has 4 atom stereocenters. The number of carbonyl (C=O) groups is 1. The molecule has 0 saturated carbocycles. The summed E-state index contributed by atoms with van der Waals surface area (Å²) in [6.45, 7) is 10.2. The van der Waals surface area contributed by atoms with E-state index in [1.54, 1.807) is 0 Å². The standard InChI is InChI=1S/C24H36ClN3O2/c1-17-13-21(25)8-7-20(17)15-26-18(2)27-22-9-5-19(6-10-22)14-23(29)28-12-4-11-24(3,30)16-28/h5,9-10,13,17,19-20,26-27,30H,2,4,6-8,11-12,14-16H2,1,3H3/t17-,19?,20?,24?/m1/s1. The number of nitrogens with one attached hydrogen (secondary N) is 2. The Morgan fingerprint density at radius 3 is 2.93 bits per heavy atom. The summed E-state index contributed by atoms with van der Waals surface area (Å²) < 4.78 is 0. The Kier molecular flexibility index (Phi) is 7.70. The number of carbonyl (C=O) groups excluding carboxylic acids is 1. The number of nitrogens with zero attached hydrogens (tertiary/aromatic N) is 1. The SMILES string of the molecule is C=C(NCC1CCC(Cl)=C[C@H]1C)NC1=CCC(CC(=O)N2CCCC(C)(O)C2)C=C1. The lowest BCUT2D eigenvalue weighted by molar-refractivity contribution is -0.138. The summed E-state index contributed by atoms with van der Waals surface area (Å²) in [5.41, 5.74) is 0.260. The van der Waals surface area contributed by atoms with Crippen molar-refractivity contribution >= 4 is 17.5 Å². The maximum absolute atomic E-state index is 12.6. The van der Waals surface area contributed by atoms with Crippen LogP contribution in [0.4, 0.5) is 0 Å². The molecule has 0 bridgehead atoms. The van der Waals surface area contributed by atoms with Crippen LogP contribution in [0.15, 0.2) is 47.4 Å². The van der Waals surface area contributed by atoms with Crippen molar-refractivity contribution < 1.29 is 9.90 Å². The molecule has 5 nitrogen and oxygen atoms in total. The van der Waals surface area contributed by atoms with Crippen LogP contribution < -0.4 is 10.6 Å². The Hall–Kier alpha value is -1.72. The summed E-state index contributed by atoms with van der Waals surface area (Å²) >= 11 is 6.13. The van der Waals surface area contributed by atoms with Gasteiger partial charge in [0.1, 0.15) is 0 Å². The minimum atomic E-state index is -0.751. The van der Waals surface area contributed by atoms with Crippen LogP contribution in [0.25, 0.3) is 0 Å². The molecule has 3 aliphatic rings. The van der Waals surface area contributed by atoms with Crippen molar-refractivity contribution in [3.63, 3.8) is 0 Å². The number of piperidine rings is 1. The fraction of sp³-hybridized carbons (Fsp3) is 0.625. The summed E-state index contributed by atoms with van der Waals surface area (Å²) in [4.78, 5) is 14.4. The van der Waals surface area contributed by atoms with Crippen LogP contribution in [0, 0.1) is 17.8 Å². The highest BCUT2D eigenvalue weighted by Crippen LogP contribution is 2.30. The second-order valence-corrected chi connectivity index (χ2v) is 9.88. The Labute approximate surface area is 185 Å². The maximum Gasteiger partial charge on any atom is 0.223 e. The van der Waals surface area contributed by atoms with Gasteiger partial charge in [-0.05, 0) is 62.9 Å². The molecule has 3 rings (SSSR count). The zero-order valence-corrected chi connectivity index (χ0v) is 19.0. The van der Waals surface area contributed by atoms with Gasteiger partial charge in [-0.25, -0.2) is 0 Å². The van der Waals surface area contributed by atoms with E-state index in [9.17, 15) is 9.90 Å². The molecule has 1 heterocycles. The van der Waals surface area contributed by atoms with Crippen molar-refractivity contribution in [1.82, 2.24) is 15.5 Å². The summed E-state index contributed by atoms with van der Waals surface area (Å²) in [6.07, 6.45) is 13.4. The van der Waals surface area contributed by atoms with Crippen LogP contribution in [0.2, 0.25) is 0 Å². The number of rotatable bonds is 7. The quantitative estimate of drug-likeness (QED) is 0.567. The minimum Gasteiger partial charge on any atom is -0.388 e. The van der Waals surface area contributed by atoms with Crippen LogP contribution in [0.1, 0.15) is 52.4 Å². The minimum absolute atomic E-state index is 0.135. The van der Waals surface area contributed by atoms with E-state index < -0.39 is 5.60 Å². The number of hydrogen-bond donors (Lipinski definition) is 3.